The van der Waals surface area contributed by atoms with E-state index in [1.54, 1.807) is 6.08 Å². The van der Waals surface area contributed by atoms with E-state index in [4.69, 9.17) is 9.31 Å². The molecule has 0 saturated carbocycles. The molecule has 1 aliphatic rings. The fourth-order valence-corrected chi connectivity index (χ4v) is 2.45. The summed E-state index contributed by atoms with van der Waals surface area (Å²) < 4.78 is 39.2. The van der Waals surface area contributed by atoms with Gasteiger partial charge in [0.1, 0.15) is 0 Å². The first kappa shape index (κ1) is 19.6. The SMILES string of the molecule is CC(=O)NCC(=Cc1ccc(F)c(F)c1C)B1OC(C)(C)C(C)(C)O1. The third-order valence-corrected chi connectivity index (χ3v) is 4.82. The summed E-state index contributed by atoms with van der Waals surface area (Å²) in [6.07, 6.45) is 1.68. The summed E-state index contributed by atoms with van der Waals surface area (Å²) in [6.45, 7) is 10.8. The molecule has 25 heavy (non-hydrogen) atoms. The van der Waals surface area contributed by atoms with Gasteiger partial charge < -0.3 is 14.6 Å². The van der Waals surface area contributed by atoms with E-state index in [1.165, 1.54) is 19.9 Å². The second-order valence-electron chi connectivity index (χ2n) is 7.29. The largest absolute Gasteiger partial charge is 0.492 e. The maximum Gasteiger partial charge on any atom is 0.492 e. The molecule has 0 aromatic heterocycles. The van der Waals surface area contributed by atoms with Gasteiger partial charge in [-0.05, 0) is 57.3 Å². The number of halogens is 2. The van der Waals surface area contributed by atoms with Gasteiger partial charge in [0.25, 0.3) is 0 Å². The Labute approximate surface area is 147 Å². The van der Waals surface area contributed by atoms with Crippen molar-refractivity contribution < 1.29 is 22.9 Å². The van der Waals surface area contributed by atoms with Gasteiger partial charge in [-0.1, -0.05) is 12.1 Å². The maximum absolute atomic E-state index is 13.8. The van der Waals surface area contributed by atoms with Crippen LogP contribution in [0.5, 0.6) is 0 Å². The van der Waals surface area contributed by atoms with E-state index >= 15 is 0 Å². The summed E-state index contributed by atoms with van der Waals surface area (Å²) in [7, 11) is -0.690. The lowest BCUT2D eigenvalue weighted by molar-refractivity contribution is -0.118. The Bertz CT molecular complexity index is 701. The Morgan fingerprint density at radius 1 is 1.20 bits per heavy atom. The highest BCUT2D eigenvalue weighted by molar-refractivity contribution is 6.56. The lowest BCUT2D eigenvalue weighted by Crippen LogP contribution is -2.41. The van der Waals surface area contributed by atoms with Gasteiger partial charge in [-0.3, -0.25) is 4.79 Å². The van der Waals surface area contributed by atoms with Crippen LogP contribution in [0.25, 0.3) is 6.08 Å². The van der Waals surface area contributed by atoms with Crippen LogP contribution in [0.4, 0.5) is 8.78 Å². The molecule has 1 aromatic rings. The molecule has 1 aliphatic heterocycles. The average molecular weight is 351 g/mol. The van der Waals surface area contributed by atoms with Gasteiger partial charge in [-0.15, -0.1) is 0 Å². The van der Waals surface area contributed by atoms with Crippen molar-refractivity contribution >= 4 is 19.1 Å². The minimum absolute atomic E-state index is 0.185. The number of hydrogen-bond donors (Lipinski definition) is 1. The molecule has 1 heterocycles. The lowest BCUT2D eigenvalue weighted by atomic mass is 9.76. The first-order valence-electron chi connectivity index (χ1n) is 8.20. The van der Waals surface area contributed by atoms with Gasteiger partial charge in [0, 0.05) is 13.5 Å². The van der Waals surface area contributed by atoms with Crippen molar-refractivity contribution in [2.75, 3.05) is 6.54 Å². The Morgan fingerprint density at radius 3 is 2.28 bits per heavy atom. The van der Waals surface area contributed by atoms with E-state index < -0.39 is 30.0 Å². The van der Waals surface area contributed by atoms with Crippen LogP contribution in [0.3, 0.4) is 0 Å². The van der Waals surface area contributed by atoms with E-state index in [0.29, 0.717) is 11.0 Å². The molecule has 0 bridgehead atoms. The molecule has 1 N–H and O–H groups in total. The van der Waals surface area contributed by atoms with Crippen molar-refractivity contribution in [1.82, 2.24) is 5.32 Å². The topological polar surface area (TPSA) is 47.6 Å². The van der Waals surface area contributed by atoms with E-state index in [-0.39, 0.29) is 18.0 Å². The summed E-state index contributed by atoms with van der Waals surface area (Å²) in [5.41, 5.74) is 0.236. The van der Waals surface area contributed by atoms with Crippen molar-refractivity contribution in [1.29, 1.82) is 0 Å². The molecule has 1 fully saturated rings. The zero-order chi connectivity index (χ0) is 19.0. The second kappa shape index (κ2) is 6.88. The predicted molar refractivity (Wildman–Crippen MR) is 93.8 cm³/mol. The molecule has 136 valence electrons. The van der Waals surface area contributed by atoms with Crippen LogP contribution in [0.1, 0.15) is 45.7 Å². The summed E-state index contributed by atoms with van der Waals surface area (Å²) >= 11 is 0. The van der Waals surface area contributed by atoms with Gasteiger partial charge in [0.2, 0.25) is 5.91 Å². The number of hydrogen-bond acceptors (Lipinski definition) is 3. The van der Waals surface area contributed by atoms with Crippen LogP contribution >= 0.6 is 0 Å². The van der Waals surface area contributed by atoms with Crippen molar-refractivity contribution in [2.24, 2.45) is 0 Å². The predicted octanol–water partition coefficient (Wildman–Crippen LogP) is 3.42. The highest BCUT2D eigenvalue weighted by atomic mass is 19.2. The molecule has 7 heteroatoms. The van der Waals surface area contributed by atoms with E-state index in [2.05, 4.69) is 5.32 Å². The smallest absolute Gasteiger partial charge is 0.400 e. The van der Waals surface area contributed by atoms with Crippen molar-refractivity contribution in [2.45, 2.75) is 52.7 Å². The maximum atomic E-state index is 13.8. The molecule has 0 radical (unpaired) electrons. The molecular formula is C18H24BF2NO3. The number of amides is 1. The van der Waals surface area contributed by atoms with Crippen molar-refractivity contribution in [3.05, 3.63) is 40.4 Å². The third-order valence-electron chi connectivity index (χ3n) is 4.82. The molecule has 0 unspecified atom stereocenters. The van der Waals surface area contributed by atoms with Crippen molar-refractivity contribution in [3.63, 3.8) is 0 Å². The summed E-state index contributed by atoms with van der Waals surface area (Å²) in [5.74, 6) is -1.99. The standard InChI is InChI=1S/C18H24BF2NO3/c1-11-13(7-8-15(20)16(11)21)9-14(10-22-12(2)23)19-24-17(3,4)18(5,6)25-19/h7-9H,10H2,1-6H3,(H,22,23). The Morgan fingerprint density at radius 2 is 1.76 bits per heavy atom. The lowest BCUT2D eigenvalue weighted by Gasteiger charge is -2.32. The van der Waals surface area contributed by atoms with Crippen molar-refractivity contribution in [3.8, 4) is 0 Å². The monoisotopic (exact) mass is 351 g/mol. The minimum atomic E-state index is -0.895. The zero-order valence-electron chi connectivity index (χ0n) is 15.5. The van der Waals surface area contributed by atoms with E-state index in [9.17, 15) is 13.6 Å². The molecule has 1 aromatic carbocycles. The highest BCUT2D eigenvalue weighted by Gasteiger charge is 2.52. The van der Waals surface area contributed by atoms with Gasteiger partial charge in [0.15, 0.2) is 11.6 Å². The fourth-order valence-electron chi connectivity index (χ4n) is 2.45. The van der Waals surface area contributed by atoms with Crippen LogP contribution in [0, 0.1) is 18.6 Å². The first-order chi connectivity index (χ1) is 11.4. The van der Waals surface area contributed by atoms with Crippen LogP contribution in [-0.4, -0.2) is 30.8 Å². The highest BCUT2D eigenvalue weighted by Crippen LogP contribution is 2.38. The number of rotatable bonds is 4. The fraction of sp³-hybridized carbons (Fsp3) is 0.500. The quantitative estimate of drug-likeness (QED) is 0.846. The Kier molecular flexibility index (Phi) is 5.39. The second-order valence-corrected chi connectivity index (χ2v) is 7.29. The normalized spacial score (nSPS) is 19.2. The number of carbonyl (C=O) groups excluding carboxylic acids is 1. The molecule has 0 aliphatic carbocycles. The molecule has 4 nitrogen and oxygen atoms in total. The minimum Gasteiger partial charge on any atom is -0.400 e. The van der Waals surface area contributed by atoms with Gasteiger partial charge >= 0.3 is 7.12 Å². The molecule has 1 amide bonds. The van der Waals surface area contributed by atoms with Crippen LogP contribution in [0.15, 0.2) is 17.6 Å². The molecular weight excluding hydrogens is 327 g/mol. The van der Waals surface area contributed by atoms with Gasteiger partial charge in [-0.2, -0.15) is 0 Å². The average Bonchev–Trinajstić information content (AvgIpc) is 2.71. The number of benzene rings is 1. The van der Waals surface area contributed by atoms with E-state index in [0.717, 1.165) is 6.07 Å². The van der Waals surface area contributed by atoms with Crippen LogP contribution < -0.4 is 5.32 Å². The molecule has 0 spiro atoms. The Hall–Kier alpha value is -1.73. The van der Waals surface area contributed by atoms with Gasteiger partial charge in [-0.25, -0.2) is 8.78 Å². The van der Waals surface area contributed by atoms with E-state index in [1.807, 2.05) is 27.7 Å². The summed E-state index contributed by atoms with van der Waals surface area (Å²) in [6, 6.07) is 2.57. The first-order valence-corrected chi connectivity index (χ1v) is 8.20. The summed E-state index contributed by atoms with van der Waals surface area (Å²) in [4.78, 5) is 11.3. The van der Waals surface area contributed by atoms with Crippen LogP contribution in [0.2, 0.25) is 0 Å². The Balaban J connectivity index is 2.40. The van der Waals surface area contributed by atoms with Gasteiger partial charge in [0.05, 0.1) is 11.2 Å². The third kappa shape index (κ3) is 4.10. The number of carbonyl (C=O) groups is 1. The molecule has 1 saturated heterocycles. The molecule has 0 atom stereocenters. The number of nitrogens with one attached hydrogen (secondary N) is 1. The summed E-state index contributed by atoms with van der Waals surface area (Å²) in [5, 5.41) is 2.71. The zero-order valence-corrected chi connectivity index (χ0v) is 15.5. The van der Waals surface area contributed by atoms with Crippen LogP contribution in [-0.2, 0) is 14.1 Å². The molecule has 2 rings (SSSR count).